The SMILES string of the molecule is CC1(C)/C(=N/OCCN)CC[C@]2(C)[C@H]3CC[C@]4(C)[C@@H](O)CC[C@H]4[C@@H]3C[C@@H]3O[C@]312.Cl. The molecule has 1 spiro atoms. The smallest absolute Gasteiger partial charge is 0.129 e. The summed E-state index contributed by atoms with van der Waals surface area (Å²) >= 11 is 0. The van der Waals surface area contributed by atoms with Crippen molar-refractivity contribution in [1.82, 2.24) is 0 Å². The molecule has 1 saturated heterocycles. The fraction of sp³-hybridized carbons (Fsp3) is 0.957. The molecule has 0 aromatic rings. The zero-order chi connectivity index (χ0) is 19.9. The van der Waals surface area contributed by atoms with Gasteiger partial charge in [-0.25, -0.2) is 0 Å². The van der Waals surface area contributed by atoms with E-state index in [0.29, 0.717) is 37.0 Å². The number of halogens is 1. The van der Waals surface area contributed by atoms with Gasteiger partial charge in [-0.15, -0.1) is 12.4 Å². The molecule has 4 saturated carbocycles. The van der Waals surface area contributed by atoms with E-state index < -0.39 is 0 Å². The van der Waals surface area contributed by atoms with Gasteiger partial charge >= 0.3 is 0 Å². The molecule has 5 fully saturated rings. The molecule has 1 aliphatic heterocycles. The number of rotatable bonds is 3. The normalized spacial score (nSPS) is 53.2. The minimum Gasteiger partial charge on any atom is -0.394 e. The highest BCUT2D eigenvalue weighted by Gasteiger charge is 2.81. The molecular formula is C23H39ClN2O3. The topological polar surface area (TPSA) is 80.4 Å². The van der Waals surface area contributed by atoms with Gasteiger partial charge in [0.1, 0.15) is 12.2 Å². The largest absolute Gasteiger partial charge is 0.394 e. The van der Waals surface area contributed by atoms with Gasteiger partial charge in [0.2, 0.25) is 0 Å². The Hall–Kier alpha value is -0.360. The number of oxime groups is 1. The summed E-state index contributed by atoms with van der Waals surface area (Å²) < 4.78 is 6.70. The fourth-order valence-corrected chi connectivity index (χ4v) is 8.68. The van der Waals surface area contributed by atoms with Gasteiger partial charge < -0.3 is 20.4 Å². The Morgan fingerprint density at radius 2 is 1.90 bits per heavy atom. The van der Waals surface area contributed by atoms with E-state index in [1.165, 1.54) is 12.8 Å². The first-order chi connectivity index (χ1) is 13.2. The predicted molar refractivity (Wildman–Crippen MR) is 116 cm³/mol. The van der Waals surface area contributed by atoms with Gasteiger partial charge in [-0.1, -0.05) is 32.9 Å². The van der Waals surface area contributed by atoms with E-state index in [1.54, 1.807) is 0 Å². The first-order valence-corrected chi connectivity index (χ1v) is 11.5. The molecule has 29 heavy (non-hydrogen) atoms. The van der Waals surface area contributed by atoms with Gasteiger partial charge in [0, 0.05) is 17.4 Å². The molecule has 166 valence electrons. The Labute approximate surface area is 181 Å². The van der Waals surface area contributed by atoms with Gasteiger partial charge in [-0.3, -0.25) is 0 Å². The van der Waals surface area contributed by atoms with Crippen LogP contribution in [0.1, 0.15) is 72.6 Å². The standard InChI is InChI=1S/C23H38N2O3.ClH/c1-20(2)17(25-27-12-11-24)8-10-22(4)16-7-9-21(3)15(5-6-18(21)26)14(16)13-19-23(20,22)28-19;/h14-16,18-19,26H,5-13,24H2,1-4H3;1H/b25-17+;/t14-,15-,16-,18-,19-,21-,22+,23+;/m0./s1. The summed E-state index contributed by atoms with van der Waals surface area (Å²) in [6.45, 7) is 10.5. The van der Waals surface area contributed by atoms with Crippen molar-refractivity contribution in [3.63, 3.8) is 0 Å². The van der Waals surface area contributed by atoms with E-state index in [-0.39, 0.29) is 40.4 Å². The van der Waals surface area contributed by atoms with Gasteiger partial charge in [-0.2, -0.15) is 0 Å². The lowest BCUT2D eigenvalue weighted by Crippen LogP contribution is -2.64. The van der Waals surface area contributed by atoms with Crippen LogP contribution >= 0.6 is 12.4 Å². The Morgan fingerprint density at radius 1 is 1.14 bits per heavy atom. The molecule has 0 aromatic heterocycles. The van der Waals surface area contributed by atoms with Crippen LogP contribution in [0, 0.1) is 34.0 Å². The van der Waals surface area contributed by atoms with Crippen LogP contribution in [0.3, 0.4) is 0 Å². The molecule has 3 N–H and O–H groups in total. The third kappa shape index (κ3) is 2.54. The zero-order valence-electron chi connectivity index (χ0n) is 18.4. The second kappa shape index (κ2) is 6.82. The highest BCUT2D eigenvalue weighted by molar-refractivity contribution is 5.92. The third-order valence-corrected chi connectivity index (χ3v) is 10.2. The number of nitrogens with zero attached hydrogens (tertiary/aromatic N) is 1. The molecule has 5 aliphatic rings. The maximum Gasteiger partial charge on any atom is 0.129 e. The summed E-state index contributed by atoms with van der Waals surface area (Å²) in [6, 6.07) is 0. The minimum atomic E-state index is -0.112. The van der Waals surface area contributed by atoms with E-state index in [1.807, 2.05) is 0 Å². The quantitative estimate of drug-likeness (QED) is 0.407. The first kappa shape index (κ1) is 21.9. The monoisotopic (exact) mass is 426 g/mol. The van der Waals surface area contributed by atoms with Gasteiger partial charge in [0.25, 0.3) is 0 Å². The number of nitrogens with two attached hydrogens (primary N) is 1. The lowest BCUT2D eigenvalue weighted by molar-refractivity contribution is -0.118. The van der Waals surface area contributed by atoms with E-state index in [4.69, 9.17) is 15.3 Å². The molecule has 5 rings (SSSR count). The van der Waals surface area contributed by atoms with Gasteiger partial charge in [0.15, 0.2) is 0 Å². The maximum atomic E-state index is 10.7. The zero-order valence-corrected chi connectivity index (χ0v) is 19.3. The summed E-state index contributed by atoms with van der Waals surface area (Å²) in [5, 5.41) is 15.2. The highest BCUT2D eigenvalue weighted by atomic mass is 35.5. The number of aliphatic hydroxyl groups excluding tert-OH is 1. The van der Waals surface area contributed by atoms with Crippen LogP contribution in [0.2, 0.25) is 0 Å². The molecular weight excluding hydrogens is 388 g/mol. The van der Waals surface area contributed by atoms with Crippen molar-refractivity contribution in [1.29, 1.82) is 0 Å². The predicted octanol–water partition coefficient (Wildman–Crippen LogP) is 3.91. The summed E-state index contributed by atoms with van der Waals surface area (Å²) in [5.74, 6) is 2.05. The first-order valence-electron chi connectivity index (χ1n) is 11.5. The summed E-state index contributed by atoms with van der Waals surface area (Å²) in [4.78, 5) is 5.50. The van der Waals surface area contributed by atoms with E-state index in [0.717, 1.165) is 37.8 Å². The average molecular weight is 427 g/mol. The Balaban J connectivity index is 0.00000205. The van der Waals surface area contributed by atoms with Crippen LogP contribution < -0.4 is 5.73 Å². The highest BCUT2D eigenvalue weighted by Crippen LogP contribution is 2.76. The number of epoxide rings is 1. The number of hydrogen-bond acceptors (Lipinski definition) is 5. The molecule has 0 radical (unpaired) electrons. The minimum absolute atomic E-state index is 0. The Morgan fingerprint density at radius 3 is 2.62 bits per heavy atom. The third-order valence-electron chi connectivity index (χ3n) is 10.2. The van der Waals surface area contributed by atoms with E-state index >= 15 is 0 Å². The molecule has 1 heterocycles. The average Bonchev–Trinajstić information content (AvgIpc) is 3.32. The molecule has 4 aliphatic carbocycles. The van der Waals surface area contributed by atoms with Crippen molar-refractivity contribution in [3.05, 3.63) is 0 Å². The van der Waals surface area contributed by atoms with Gasteiger partial charge in [-0.05, 0) is 68.1 Å². The van der Waals surface area contributed by atoms with Crippen LogP contribution in [0.15, 0.2) is 5.16 Å². The van der Waals surface area contributed by atoms with Crippen LogP contribution in [-0.2, 0) is 9.57 Å². The molecule has 0 amide bonds. The van der Waals surface area contributed by atoms with Crippen molar-refractivity contribution < 1.29 is 14.7 Å². The molecule has 6 heteroatoms. The van der Waals surface area contributed by atoms with Crippen molar-refractivity contribution in [2.75, 3.05) is 13.2 Å². The van der Waals surface area contributed by atoms with Crippen LogP contribution in [0.25, 0.3) is 0 Å². The van der Waals surface area contributed by atoms with Crippen LogP contribution in [0.5, 0.6) is 0 Å². The van der Waals surface area contributed by atoms with E-state index in [9.17, 15) is 5.11 Å². The molecule has 8 atom stereocenters. The molecule has 0 bridgehead atoms. The second-order valence-corrected chi connectivity index (χ2v) is 11.3. The van der Waals surface area contributed by atoms with Crippen molar-refractivity contribution in [3.8, 4) is 0 Å². The lowest BCUT2D eigenvalue weighted by Gasteiger charge is -2.61. The van der Waals surface area contributed by atoms with Crippen molar-refractivity contribution in [2.24, 2.45) is 44.9 Å². The summed E-state index contributed by atoms with van der Waals surface area (Å²) in [6.07, 6.45) is 8.06. The molecule has 0 aromatic carbocycles. The van der Waals surface area contributed by atoms with E-state index in [2.05, 4.69) is 32.9 Å². The maximum absolute atomic E-state index is 10.7. The number of aliphatic hydroxyl groups is 1. The summed E-state index contributed by atoms with van der Waals surface area (Å²) in [7, 11) is 0. The number of hydrogen-bond donors (Lipinski definition) is 2. The molecule has 5 nitrogen and oxygen atoms in total. The van der Waals surface area contributed by atoms with Gasteiger partial charge in [0.05, 0.1) is 17.9 Å². The molecule has 0 unspecified atom stereocenters. The Bertz CT molecular complexity index is 700. The number of ether oxygens (including phenoxy) is 1. The lowest BCUT2D eigenvalue weighted by atomic mass is 9.41. The second-order valence-electron chi connectivity index (χ2n) is 11.3. The summed E-state index contributed by atoms with van der Waals surface area (Å²) in [5.41, 5.74) is 6.82. The van der Waals surface area contributed by atoms with Crippen LogP contribution in [-0.4, -0.2) is 41.8 Å². The Kier molecular flexibility index (Phi) is 5.14. The number of fused-ring (bicyclic) bond motifs is 4. The van der Waals surface area contributed by atoms with Crippen LogP contribution in [0.4, 0.5) is 0 Å². The fourth-order valence-electron chi connectivity index (χ4n) is 8.68. The van der Waals surface area contributed by atoms with Crippen molar-refractivity contribution in [2.45, 2.75) is 90.4 Å². The van der Waals surface area contributed by atoms with Crippen molar-refractivity contribution >= 4 is 18.1 Å².